The minimum Gasteiger partial charge on any atom is -0.550 e. The van der Waals surface area contributed by atoms with Gasteiger partial charge in [-0.1, -0.05) is 20.8 Å². The van der Waals surface area contributed by atoms with Crippen molar-refractivity contribution in [3.63, 3.8) is 0 Å². The Bertz CT molecular complexity index is 612. The van der Waals surface area contributed by atoms with Gasteiger partial charge in [0.25, 0.3) is 0 Å². The van der Waals surface area contributed by atoms with Gasteiger partial charge in [-0.15, -0.1) is 0 Å². The van der Waals surface area contributed by atoms with E-state index in [0.717, 1.165) is 32.1 Å². The van der Waals surface area contributed by atoms with Gasteiger partial charge < -0.3 is 20.1 Å². The first-order valence-electron chi connectivity index (χ1n) is 11.7. The van der Waals surface area contributed by atoms with Crippen LogP contribution in [0.4, 0.5) is 0 Å². The predicted molar refractivity (Wildman–Crippen MR) is 106 cm³/mol. The Kier molecular flexibility index (Phi) is 7.24. The number of fused-ring (bicyclic) bond motifs is 5. The summed E-state index contributed by atoms with van der Waals surface area (Å²) in [6.07, 6.45) is 8.98. The van der Waals surface area contributed by atoms with Gasteiger partial charge in [0.1, 0.15) is 0 Å². The summed E-state index contributed by atoms with van der Waals surface area (Å²) in [7, 11) is 0. The number of aliphatic carboxylic acids is 1. The third-order valence-corrected chi connectivity index (χ3v) is 10.3. The van der Waals surface area contributed by atoms with Gasteiger partial charge in [-0.25, -0.2) is 0 Å². The molecule has 0 bridgehead atoms. The monoisotopic (exact) mass is 414 g/mol. The van der Waals surface area contributed by atoms with E-state index in [2.05, 4.69) is 20.8 Å². The molecule has 2 N–H and O–H groups in total. The molecule has 4 aliphatic rings. The molecule has 0 radical (unpaired) electrons. The van der Waals surface area contributed by atoms with Crippen molar-refractivity contribution in [2.75, 3.05) is 0 Å². The summed E-state index contributed by atoms with van der Waals surface area (Å²) in [6, 6.07) is 0. The number of rotatable bonds is 4. The summed E-state index contributed by atoms with van der Waals surface area (Å²) in [4.78, 5) is 10.9. The second kappa shape index (κ2) is 8.73. The third-order valence-electron chi connectivity index (χ3n) is 10.3. The second-order valence-corrected chi connectivity index (χ2v) is 11.3. The fourth-order valence-electron chi connectivity index (χ4n) is 8.71. The number of carboxylic acids is 1. The molecule has 4 saturated carbocycles. The van der Waals surface area contributed by atoms with Crippen molar-refractivity contribution < 1.29 is 49.7 Å². The molecule has 0 amide bonds. The SMILES string of the molecule is C[C@@H](CCC(=O)[O-])[C@@H]1CC[C@@H]2[C@H]3CC[C@H]4C[C@@H](O)CC[C@@]4(C)[C@@H]3C[C@@H](O)[C@]21C.[Na+]. The molecular formula is C24H39NaO4. The maximum absolute atomic E-state index is 11.5. The average molecular weight is 415 g/mol. The molecule has 0 aromatic rings. The second-order valence-electron chi connectivity index (χ2n) is 11.3. The number of carboxylic acid groups (broad SMARTS) is 1. The maximum Gasteiger partial charge on any atom is 1.00 e. The molecule has 4 aliphatic carbocycles. The zero-order valence-corrected chi connectivity index (χ0v) is 20.9. The summed E-state index contributed by atoms with van der Waals surface area (Å²) >= 11 is 0. The van der Waals surface area contributed by atoms with E-state index in [1.807, 2.05) is 0 Å². The van der Waals surface area contributed by atoms with Crippen LogP contribution in [0.2, 0.25) is 0 Å². The van der Waals surface area contributed by atoms with Crippen LogP contribution in [0.5, 0.6) is 0 Å². The number of carbonyl (C=O) groups is 1. The number of aliphatic hydroxyl groups is 2. The Morgan fingerprint density at radius 3 is 2.48 bits per heavy atom. The molecule has 0 heterocycles. The zero-order valence-electron chi connectivity index (χ0n) is 18.9. The Labute approximate surface area is 198 Å². The van der Waals surface area contributed by atoms with Crippen LogP contribution in [0.1, 0.15) is 85.0 Å². The average Bonchev–Trinajstić information content (AvgIpc) is 3.00. The molecule has 10 atom stereocenters. The van der Waals surface area contributed by atoms with Gasteiger partial charge >= 0.3 is 29.6 Å². The normalized spacial score (nSPS) is 49.9. The Morgan fingerprint density at radius 2 is 1.79 bits per heavy atom. The fraction of sp³-hybridized carbons (Fsp3) is 0.958. The third kappa shape index (κ3) is 3.88. The van der Waals surface area contributed by atoms with Crippen molar-refractivity contribution in [1.29, 1.82) is 0 Å². The van der Waals surface area contributed by atoms with Crippen molar-refractivity contribution in [1.82, 2.24) is 0 Å². The Hall–Kier alpha value is 0.390. The Morgan fingerprint density at radius 1 is 1.07 bits per heavy atom. The van der Waals surface area contributed by atoms with Crippen molar-refractivity contribution in [3.8, 4) is 0 Å². The van der Waals surface area contributed by atoms with Crippen LogP contribution in [0.3, 0.4) is 0 Å². The van der Waals surface area contributed by atoms with Gasteiger partial charge in [-0.2, -0.15) is 0 Å². The quantitative estimate of drug-likeness (QED) is 0.642. The summed E-state index contributed by atoms with van der Waals surface area (Å²) in [5, 5.41) is 32.6. The standard InChI is InChI=1S/C24H40O4.Na/c1-14(4-9-22(27)28)18-7-8-19-17-6-5-15-12-16(25)10-11-23(15,2)20(17)13-21(26)24(18,19)3;/h14-21,25-26H,4-13H2,1-3H3,(H,27,28);/q;+1/p-1/t14-,15-,16-,17+,18-,19+,20+,21+,23+,24-;/m0./s1. The molecule has 4 fully saturated rings. The number of hydrogen-bond acceptors (Lipinski definition) is 4. The van der Waals surface area contributed by atoms with Gasteiger partial charge in [0, 0.05) is 5.97 Å². The van der Waals surface area contributed by atoms with Gasteiger partial charge in [-0.3, -0.25) is 0 Å². The van der Waals surface area contributed by atoms with Crippen molar-refractivity contribution >= 4 is 5.97 Å². The van der Waals surface area contributed by atoms with Crippen molar-refractivity contribution in [2.45, 2.75) is 97.2 Å². The molecule has 0 spiro atoms. The predicted octanol–water partition coefficient (Wildman–Crippen LogP) is 0.147. The van der Waals surface area contributed by atoms with Crippen LogP contribution in [0.25, 0.3) is 0 Å². The van der Waals surface area contributed by atoms with Crippen LogP contribution in [0, 0.1) is 46.3 Å². The first-order valence-corrected chi connectivity index (χ1v) is 11.7. The molecule has 0 aromatic carbocycles. The number of hydrogen-bond donors (Lipinski definition) is 2. The van der Waals surface area contributed by atoms with E-state index in [4.69, 9.17) is 0 Å². The zero-order chi connectivity index (χ0) is 20.3. The van der Waals surface area contributed by atoms with Gasteiger partial charge in [0.15, 0.2) is 0 Å². The molecule has 5 heteroatoms. The number of carbonyl (C=O) groups excluding carboxylic acids is 1. The molecule has 0 aliphatic heterocycles. The molecule has 0 unspecified atom stereocenters. The molecular weight excluding hydrogens is 375 g/mol. The molecule has 0 aromatic heterocycles. The maximum atomic E-state index is 11.5. The minimum atomic E-state index is -0.957. The van der Waals surface area contributed by atoms with Gasteiger partial charge in [-0.05, 0) is 111 Å². The van der Waals surface area contributed by atoms with Crippen molar-refractivity contribution in [3.05, 3.63) is 0 Å². The summed E-state index contributed by atoms with van der Waals surface area (Å²) in [6.45, 7) is 6.94. The van der Waals surface area contributed by atoms with E-state index >= 15 is 0 Å². The molecule has 29 heavy (non-hydrogen) atoms. The van der Waals surface area contributed by atoms with E-state index in [9.17, 15) is 20.1 Å². The van der Waals surface area contributed by atoms with Crippen LogP contribution in [-0.4, -0.2) is 28.4 Å². The smallest absolute Gasteiger partial charge is 0.550 e. The summed E-state index contributed by atoms with van der Waals surface area (Å²) in [5.74, 6) is 2.19. The molecule has 4 nitrogen and oxygen atoms in total. The van der Waals surface area contributed by atoms with E-state index in [-0.39, 0.29) is 59.0 Å². The summed E-state index contributed by atoms with van der Waals surface area (Å²) in [5.41, 5.74) is 0.188. The van der Waals surface area contributed by atoms with Crippen LogP contribution in [0.15, 0.2) is 0 Å². The minimum absolute atomic E-state index is 0. The van der Waals surface area contributed by atoms with Crippen molar-refractivity contribution in [2.24, 2.45) is 46.3 Å². The first kappa shape index (κ1) is 24.0. The number of aliphatic hydroxyl groups excluding tert-OH is 2. The first-order chi connectivity index (χ1) is 13.2. The molecule has 160 valence electrons. The molecule has 0 saturated heterocycles. The van der Waals surface area contributed by atoms with Gasteiger partial charge in [0.05, 0.1) is 12.2 Å². The van der Waals surface area contributed by atoms with Crippen LogP contribution in [-0.2, 0) is 4.79 Å². The van der Waals surface area contributed by atoms with Crippen LogP contribution < -0.4 is 34.7 Å². The van der Waals surface area contributed by atoms with E-state index in [1.165, 1.54) is 19.3 Å². The fourth-order valence-corrected chi connectivity index (χ4v) is 8.71. The van der Waals surface area contributed by atoms with E-state index in [0.29, 0.717) is 41.9 Å². The van der Waals surface area contributed by atoms with E-state index in [1.54, 1.807) is 0 Å². The molecule has 4 rings (SSSR count). The Balaban J connectivity index is 0.00000240. The van der Waals surface area contributed by atoms with Gasteiger partial charge in [0.2, 0.25) is 0 Å². The topological polar surface area (TPSA) is 80.6 Å². The largest absolute Gasteiger partial charge is 1.00 e. The summed E-state index contributed by atoms with van der Waals surface area (Å²) < 4.78 is 0. The van der Waals surface area contributed by atoms with Crippen LogP contribution >= 0.6 is 0 Å². The van der Waals surface area contributed by atoms with E-state index < -0.39 is 5.97 Å².